The highest BCUT2D eigenvalue weighted by atomic mass is 16.6. The molecule has 1 aliphatic heterocycles. The minimum absolute atomic E-state index is 0.0224. The molecule has 1 aromatic carbocycles. The molecule has 0 radical (unpaired) electrons. The average molecular weight is 288 g/mol. The third-order valence-corrected chi connectivity index (χ3v) is 3.50. The minimum atomic E-state index is 0.0224. The zero-order chi connectivity index (χ0) is 14.8. The van der Waals surface area contributed by atoms with Crippen LogP contribution in [0.3, 0.4) is 0 Å². The molecule has 0 amide bonds. The van der Waals surface area contributed by atoms with Gasteiger partial charge in [0.2, 0.25) is 0 Å². The van der Waals surface area contributed by atoms with Crippen LogP contribution in [0.15, 0.2) is 28.7 Å². The van der Waals surface area contributed by atoms with Crippen molar-refractivity contribution < 1.29 is 13.9 Å². The molecule has 1 unspecified atom stereocenters. The number of likely N-dealkylation sites (N-methyl/N-ethyl adjacent to an activating group) is 1. The number of nitrogens with zero attached hydrogens (tertiary/aromatic N) is 2. The number of hydrogen-bond acceptors (Lipinski definition) is 5. The molecular formula is C16H20N2O3. The smallest absolute Gasteiger partial charge is 0.191 e. The topological polar surface area (TPSA) is 47.7 Å². The highest BCUT2D eigenvalue weighted by Crippen LogP contribution is 2.31. The van der Waals surface area contributed by atoms with E-state index in [1.165, 1.54) is 0 Å². The molecular weight excluding hydrogens is 268 g/mol. The average Bonchev–Trinajstić information content (AvgIpc) is 2.76. The van der Waals surface area contributed by atoms with Crippen LogP contribution in [-0.2, 0) is 6.54 Å². The van der Waals surface area contributed by atoms with Crippen LogP contribution in [0.5, 0.6) is 11.5 Å². The van der Waals surface area contributed by atoms with E-state index in [4.69, 9.17) is 13.9 Å². The summed E-state index contributed by atoms with van der Waals surface area (Å²) in [5.41, 5.74) is 0.950. The highest BCUT2D eigenvalue weighted by Gasteiger charge is 2.22. The molecule has 3 rings (SSSR count). The molecule has 0 saturated carbocycles. The van der Waals surface area contributed by atoms with Crippen LogP contribution in [0.2, 0.25) is 0 Å². The van der Waals surface area contributed by atoms with Crippen LogP contribution >= 0.6 is 0 Å². The third-order valence-electron chi connectivity index (χ3n) is 3.50. The lowest BCUT2D eigenvalue weighted by atomic mass is 10.2. The van der Waals surface area contributed by atoms with Crippen molar-refractivity contribution in [2.24, 2.45) is 0 Å². The van der Waals surface area contributed by atoms with E-state index in [0.29, 0.717) is 19.0 Å². The van der Waals surface area contributed by atoms with Gasteiger partial charge in [-0.3, -0.25) is 4.90 Å². The zero-order valence-electron chi connectivity index (χ0n) is 12.6. The van der Waals surface area contributed by atoms with E-state index in [-0.39, 0.29) is 6.10 Å². The van der Waals surface area contributed by atoms with Crippen LogP contribution in [0, 0.1) is 13.8 Å². The Bertz CT molecular complexity index is 624. The Balaban J connectivity index is 1.59. The van der Waals surface area contributed by atoms with Gasteiger partial charge in [0.1, 0.15) is 18.5 Å². The van der Waals surface area contributed by atoms with E-state index in [1.54, 1.807) is 0 Å². The Kier molecular flexibility index (Phi) is 3.84. The fourth-order valence-electron chi connectivity index (χ4n) is 2.53. The number of aromatic nitrogens is 1. The largest absolute Gasteiger partial charge is 0.486 e. The van der Waals surface area contributed by atoms with Crippen molar-refractivity contribution in [1.82, 2.24) is 9.88 Å². The van der Waals surface area contributed by atoms with Crippen molar-refractivity contribution in [3.8, 4) is 11.5 Å². The van der Waals surface area contributed by atoms with Gasteiger partial charge in [-0.25, -0.2) is 4.98 Å². The van der Waals surface area contributed by atoms with Gasteiger partial charge in [-0.1, -0.05) is 12.1 Å². The maximum Gasteiger partial charge on any atom is 0.191 e. The Labute approximate surface area is 124 Å². The number of hydrogen-bond donors (Lipinski definition) is 0. The summed E-state index contributed by atoms with van der Waals surface area (Å²) >= 11 is 0. The molecule has 2 aromatic rings. The predicted octanol–water partition coefficient (Wildman–Crippen LogP) is 2.56. The second-order valence-corrected chi connectivity index (χ2v) is 5.44. The normalized spacial score (nSPS) is 17.2. The van der Waals surface area contributed by atoms with Gasteiger partial charge in [0.25, 0.3) is 0 Å². The molecule has 0 fully saturated rings. The Hall–Kier alpha value is -2.01. The van der Waals surface area contributed by atoms with Crippen molar-refractivity contribution >= 4 is 0 Å². The summed E-state index contributed by atoms with van der Waals surface area (Å²) in [6, 6.07) is 7.76. The summed E-state index contributed by atoms with van der Waals surface area (Å²) in [4.78, 5) is 6.45. The molecule has 1 atom stereocenters. The van der Waals surface area contributed by atoms with E-state index >= 15 is 0 Å². The van der Waals surface area contributed by atoms with Crippen molar-refractivity contribution in [3.63, 3.8) is 0 Å². The zero-order valence-corrected chi connectivity index (χ0v) is 12.6. The predicted molar refractivity (Wildman–Crippen MR) is 78.7 cm³/mol. The summed E-state index contributed by atoms with van der Waals surface area (Å²) in [5.74, 6) is 3.25. The second-order valence-electron chi connectivity index (χ2n) is 5.44. The first-order valence-electron chi connectivity index (χ1n) is 7.12. The van der Waals surface area contributed by atoms with Gasteiger partial charge in [0.15, 0.2) is 17.4 Å². The van der Waals surface area contributed by atoms with Gasteiger partial charge in [-0.2, -0.15) is 0 Å². The molecule has 21 heavy (non-hydrogen) atoms. The van der Waals surface area contributed by atoms with Gasteiger partial charge >= 0.3 is 0 Å². The fourth-order valence-corrected chi connectivity index (χ4v) is 2.53. The molecule has 0 saturated heterocycles. The highest BCUT2D eigenvalue weighted by molar-refractivity contribution is 5.40. The quantitative estimate of drug-likeness (QED) is 0.865. The van der Waals surface area contributed by atoms with E-state index in [0.717, 1.165) is 29.5 Å². The fraction of sp³-hybridized carbons (Fsp3) is 0.438. The van der Waals surface area contributed by atoms with E-state index < -0.39 is 0 Å². The summed E-state index contributed by atoms with van der Waals surface area (Å²) in [6.07, 6.45) is 0.0224. The van der Waals surface area contributed by atoms with Gasteiger partial charge < -0.3 is 13.9 Å². The van der Waals surface area contributed by atoms with Crippen molar-refractivity contribution in [1.29, 1.82) is 0 Å². The standard InChI is InChI=1S/C16H20N2O3/c1-11-16(20-12(2)17-11)9-18(3)8-13-10-19-14-6-4-5-7-15(14)21-13/h4-7,13H,8-10H2,1-3H3. The van der Waals surface area contributed by atoms with Crippen LogP contribution in [0.25, 0.3) is 0 Å². The van der Waals surface area contributed by atoms with Gasteiger partial charge in [-0.15, -0.1) is 0 Å². The summed E-state index contributed by atoms with van der Waals surface area (Å²) < 4.78 is 17.3. The molecule has 0 aliphatic carbocycles. The Morgan fingerprint density at radius 1 is 1.24 bits per heavy atom. The number of oxazole rings is 1. The molecule has 1 aliphatic rings. The molecule has 5 nitrogen and oxygen atoms in total. The van der Waals surface area contributed by atoms with Gasteiger partial charge in [0, 0.05) is 13.5 Å². The van der Waals surface area contributed by atoms with E-state index in [1.807, 2.05) is 45.2 Å². The summed E-state index contributed by atoms with van der Waals surface area (Å²) in [6.45, 7) is 5.89. The number of fused-ring (bicyclic) bond motifs is 1. The van der Waals surface area contributed by atoms with Crippen LogP contribution in [0.1, 0.15) is 17.3 Å². The lowest BCUT2D eigenvalue weighted by Crippen LogP contribution is -2.39. The monoisotopic (exact) mass is 288 g/mol. The molecule has 0 spiro atoms. The van der Waals surface area contributed by atoms with Crippen molar-refractivity contribution in [3.05, 3.63) is 41.6 Å². The Morgan fingerprint density at radius 2 is 2.00 bits per heavy atom. The van der Waals surface area contributed by atoms with Gasteiger partial charge in [0.05, 0.1) is 12.2 Å². The van der Waals surface area contributed by atoms with Crippen LogP contribution < -0.4 is 9.47 Å². The van der Waals surface area contributed by atoms with E-state index in [9.17, 15) is 0 Å². The van der Waals surface area contributed by atoms with Crippen LogP contribution in [0.4, 0.5) is 0 Å². The number of benzene rings is 1. The molecule has 0 N–H and O–H groups in total. The summed E-state index contributed by atoms with van der Waals surface area (Å²) in [7, 11) is 2.04. The number of aryl methyl sites for hydroxylation is 2. The number of rotatable bonds is 4. The van der Waals surface area contributed by atoms with Crippen LogP contribution in [-0.4, -0.2) is 36.2 Å². The SMILES string of the molecule is Cc1nc(C)c(CN(C)CC2COc3ccccc3O2)o1. The maximum atomic E-state index is 5.96. The molecule has 1 aromatic heterocycles. The second kappa shape index (κ2) is 5.77. The minimum Gasteiger partial charge on any atom is -0.486 e. The first-order valence-corrected chi connectivity index (χ1v) is 7.12. The van der Waals surface area contributed by atoms with Crippen molar-refractivity contribution in [2.75, 3.05) is 20.2 Å². The summed E-state index contributed by atoms with van der Waals surface area (Å²) in [5, 5.41) is 0. The molecule has 5 heteroatoms. The van der Waals surface area contributed by atoms with Crippen molar-refractivity contribution in [2.45, 2.75) is 26.5 Å². The third kappa shape index (κ3) is 3.19. The number of para-hydroxylation sites is 2. The van der Waals surface area contributed by atoms with E-state index in [2.05, 4.69) is 9.88 Å². The van der Waals surface area contributed by atoms with Gasteiger partial charge in [-0.05, 0) is 26.1 Å². The molecule has 0 bridgehead atoms. The Morgan fingerprint density at radius 3 is 2.71 bits per heavy atom. The molecule has 112 valence electrons. The lowest BCUT2D eigenvalue weighted by Gasteiger charge is -2.29. The lowest BCUT2D eigenvalue weighted by molar-refractivity contribution is 0.0621. The first kappa shape index (κ1) is 13.9. The molecule has 2 heterocycles. The first-order chi connectivity index (χ1) is 10.1. The number of ether oxygens (including phenoxy) is 2. The maximum absolute atomic E-state index is 5.96.